The standard InChI is InChI=1S/C13H11N3O3/c14-8-1-3-9(4-2-8)16(13(15)19)11-7-10(17)5-6-12(11)18/h1-7H,14H2,(H2,15,19). The van der Waals surface area contributed by atoms with Crippen molar-refractivity contribution in [2.75, 3.05) is 10.6 Å². The number of primary amides is 1. The van der Waals surface area contributed by atoms with Crippen molar-refractivity contribution < 1.29 is 14.4 Å². The Hall–Kier alpha value is -2.89. The van der Waals surface area contributed by atoms with E-state index in [1.165, 1.54) is 12.1 Å². The predicted molar refractivity (Wildman–Crippen MR) is 70.2 cm³/mol. The van der Waals surface area contributed by atoms with Crippen molar-refractivity contribution >= 4 is 29.0 Å². The molecule has 2 rings (SSSR count). The molecular weight excluding hydrogens is 246 g/mol. The zero-order chi connectivity index (χ0) is 14.0. The van der Waals surface area contributed by atoms with Crippen molar-refractivity contribution in [3.63, 3.8) is 0 Å². The number of benzene rings is 1. The van der Waals surface area contributed by atoms with E-state index in [-0.39, 0.29) is 11.5 Å². The van der Waals surface area contributed by atoms with Crippen LogP contribution >= 0.6 is 0 Å². The Labute approximate surface area is 109 Å². The molecule has 6 nitrogen and oxygen atoms in total. The van der Waals surface area contributed by atoms with Gasteiger partial charge in [0, 0.05) is 11.8 Å². The molecule has 0 aromatic heterocycles. The molecule has 0 aliphatic heterocycles. The topological polar surface area (TPSA) is 106 Å². The highest BCUT2D eigenvalue weighted by atomic mass is 16.2. The van der Waals surface area contributed by atoms with E-state index < -0.39 is 11.8 Å². The number of urea groups is 1. The highest BCUT2D eigenvalue weighted by Crippen LogP contribution is 2.22. The van der Waals surface area contributed by atoms with Crippen LogP contribution in [0, 0.1) is 0 Å². The minimum absolute atomic E-state index is 0.0789. The minimum atomic E-state index is -0.854. The van der Waals surface area contributed by atoms with Gasteiger partial charge < -0.3 is 11.5 Å². The maximum Gasteiger partial charge on any atom is 0.324 e. The van der Waals surface area contributed by atoms with Crippen LogP contribution in [0.5, 0.6) is 0 Å². The van der Waals surface area contributed by atoms with Crippen molar-refractivity contribution in [3.8, 4) is 0 Å². The third-order valence-corrected chi connectivity index (χ3v) is 2.54. The largest absolute Gasteiger partial charge is 0.399 e. The van der Waals surface area contributed by atoms with Gasteiger partial charge in [0.15, 0.2) is 5.78 Å². The SMILES string of the molecule is NC(=O)N(C1=CC(=O)C=CC1=O)c1ccc(N)cc1. The van der Waals surface area contributed by atoms with Crippen LogP contribution in [-0.4, -0.2) is 17.6 Å². The van der Waals surface area contributed by atoms with E-state index in [4.69, 9.17) is 11.5 Å². The number of nitrogens with zero attached hydrogens (tertiary/aromatic N) is 1. The van der Waals surface area contributed by atoms with Gasteiger partial charge in [0.05, 0.1) is 5.69 Å². The van der Waals surface area contributed by atoms with E-state index in [0.717, 1.165) is 23.1 Å². The van der Waals surface area contributed by atoms with E-state index in [0.29, 0.717) is 11.4 Å². The molecule has 4 N–H and O–H groups in total. The second-order valence-corrected chi connectivity index (χ2v) is 3.89. The van der Waals surface area contributed by atoms with Crippen LogP contribution in [0.3, 0.4) is 0 Å². The fourth-order valence-corrected chi connectivity index (χ4v) is 1.68. The lowest BCUT2D eigenvalue weighted by Crippen LogP contribution is -2.38. The zero-order valence-electron chi connectivity index (χ0n) is 9.87. The van der Waals surface area contributed by atoms with Gasteiger partial charge >= 0.3 is 6.03 Å². The highest BCUT2D eigenvalue weighted by molar-refractivity contribution is 6.21. The molecule has 0 saturated carbocycles. The highest BCUT2D eigenvalue weighted by Gasteiger charge is 2.24. The molecule has 2 amide bonds. The summed E-state index contributed by atoms with van der Waals surface area (Å²) in [6, 6.07) is 5.36. The fraction of sp³-hybridized carbons (Fsp3) is 0. The van der Waals surface area contributed by atoms with Crippen LogP contribution in [0.2, 0.25) is 0 Å². The van der Waals surface area contributed by atoms with Gasteiger partial charge in [0.1, 0.15) is 5.70 Å². The molecule has 0 saturated heterocycles. The van der Waals surface area contributed by atoms with Gasteiger partial charge in [-0.2, -0.15) is 0 Å². The van der Waals surface area contributed by atoms with Crippen LogP contribution in [0.4, 0.5) is 16.2 Å². The summed E-state index contributed by atoms with van der Waals surface area (Å²) in [7, 11) is 0. The summed E-state index contributed by atoms with van der Waals surface area (Å²) >= 11 is 0. The molecule has 0 atom stereocenters. The number of anilines is 2. The van der Waals surface area contributed by atoms with E-state index in [2.05, 4.69) is 0 Å². The van der Waals surface area contributed by atoms with E-state index in [1.807, 2.05) is 0 Å². The lowest BCUT2D eigenvalue weighted by molar-refractivity contribution is -0.114. The van der Waals surface area contributed by atoms with E-state index in [1.54, 1.807) is 12.1 Å². The Morgan fingerprint density at radius 3 is 2.26 bits per heavy atom. The zero-order valence-corrected chi connectivity index (χ0v) is 9.87. The number of rotatable bonds is 2. The number of hydrogen-bond donors (Lipinski definition) is 2. The van der Waals surface area contributed by atoms with Gasteiger partial charge in [0.25, 0.3) is 0 Å². The number of carbonyl (C=O) groups excluding carboxylic acids is 3. The quantitative estimate of drug-likeness (QED) is 0.602. The molecule has 6 heteroatoms. The summed E-state index contributed by atoms with van der Waals surface area (Å²) < 4.78 is 0. The number of hydrogen-bond acceptors (Lipinski definition) is 4. The van der Waals surface area contributed by atoms with Gasteiger partial charge in [-0.3, -0.25) is 14.5 Å². The number of nitrogen functional groups attached to an aromatic ring is 1. The second kappa shape index (κ2) is 4.77. The smallest absolute Gasteiger partial charge is 0.324 e. The van der Waals surface area contributed by atoms with Crippen LogP contribution in [0.25, 0.3) is 0 Å². The average molecular weight is 257 g/mol. The minimum Gasteiger partial charge on any atom is -0.399 e. The lowest BCUT2D eigenvalue weighted by atomic mass is 10.1. The Bertz CT molecular complexity index is 615. The van der Waals surface area contributed by atoms with Crippen LogP contribution in [0.15, 0.2) is 48.2 Å². The molecule has 1 aliphatic rings. The molecule has 0 radical (unpaired) electrons. The third-order valence-electron chi connectivity index (χ3n) is 2.54. The first kappa shape index (κ1) is 12.6. The summed E-state index contributed by atoms with van der Waals surface area (Å²) in [5.41, 5.74) is 11.6. The number of amides is 2. The van der Waals surface area contributed by atoms with Crippen molar-refractivity contribution in [2.24, 2.45) is 5.73 Å². The molecule has 1 aliphatic carbocycles. The number of nitrogens with two attached hydrogens (primary N) is 2. The number of ketones is 2. The molecule has 1 aromatic rings. The monoisotopic (exact) mass is 257 g/mol. The first-order valence-electron chi connectivity index (χ1n) is 5.42. The van der Waals surface area contributed by atoms with Crippen molar-refractivity contribution in [2.45, 2.75) is 0 Å². The van der Waals surface area contributed by atoms with E-state index >= 15 is 0 Å². The average Bonchev–Trinajstić information content (AvgIpc) is 2.36. The van der Waals surface area contributed by atoms with Gasteiger partial charge in [-0.25, -0.2) is 4.79 Å². The Kier molecular flexibility index (Phi) is 3.15. The lowest BCUT2D eigenvalue weighted by Gasteiger charge is -2.22. The van der Waals surface area contributed by atoms with Crippen molar-refractivity contribution in [3.05, 3.63) is 48.2 Å². The van der Waals surface area contributed by atoms with Crippen LogP contribution < -0.4 is 16.4 Å². The summed E-state index contributed by atoms with van der Waals surface area (Å²) in [6.45, 7) is 0. The summed E-state index contributed by atoms with van der Waals surface area (Å²) in [4.78, 5) is 35.6. The van der Waals surface area contributed by atoms with Gasteiger partial charge in [-0.15, -0.1) is 0 Å². The Morgan fingerprint density at radius 1 is 1.05 bits per heavy atom. The predicted octanol–water partition coefficient (Wildman–Crippen LogP) is 0.746. The van der Waals surface area contributed by atoms with Gasteiger partial charge in [-0.1, -0.05) is 0 Å². The molecule has 0 unspecified atom stereocenters. The fourth-order valence-electron chi connectivity index (χ4n) is 1.68. The van der Waals surface area contributed by atoms with E-state index in [9.17, 15) is 14.4 Å². The first-order chi connectivity index (χ1) is 8.99. The molecule has 19 heavy (non-hydrogen) atoms. The van der Waals surface area contributed by atoms with Gasteiger partial charge in [0.2, 0.25) is 5.78 Å². The molecule has 96 valence electrons. The van der Waals surface area contributed by atoms with Crippen molar-refractivity contribution in [1.82, 2.24) is 0 Å². The molecule has 0 fully saturated rings. The Balaban J connectivity index is 2.47. The molecule has 1 aromatic carbocycles. The molecule has 0 heterocycles. The van der Waals surface area contributed by atoms with Crippen LogP contribution in [-0.2, 0) is 9.59 Å². The Morgan fingerprint density at radius 2 is 1.68 bits per heavy atom. The third kappa shape index (κ3) is 2.52. The van der Waals surface area contributed by atoms with Crippen molar-refractivity contribution in [1.29, 1.82) is 0 Å². The number of carbonyl (C=O) groups is 3. The normalized spacial score (nSPS) is 14.2. The molecule has 0 spiro atoms. The van der Waals surface area contributed by atoms with Gasteiger partial charge in [-0.05, 0) is 36.4 Å². The molecular formula is C13H11N3O3. The summed E-state index contributed by atoms with van der Waals surface area (Å²) in [5, 5.41) is 0. The second-order valence-electron chi connectivity index (χ2n) is 3.89. The summed E-state index contributed by atoms with van der Waals surface area (Å²) in [6.07, 6.45) is 3.31. The maximum absolute atomic E-state index is 11.7. The van der Waals surface area contributed by atoms with Crippen LogP contribution in [0.1, 0.15) is 0 Å². The number of allylic oxidation sites excluding steroid dienone is 3. The first-order valence-corrected chi connectivity index (χ1v) is 5.42. The maximum atomic E-state index is 11.7. The molecule has 0 bridgehead atoms. The summed E-state index contributed by atoms with van der Waals surface area (Å²) in [5.74, 6) is -0.841.